The normalized spacial score (nSPS) is 12.8. The Balaban J connectivity index is 2.18. The van der Waals surface area contributed by atoms with Gasteiger partial charge < -0.3 is 5.73 Å². The highest BCUT2D eigenvalue weighted by molar-refractivity contribution is 9.10. The Labute approximate surface area is 124 Å². The average molecular weight is 334 g/mol. The van der Waals surface area contributed by atoms with Gasteiger partial charge in [-0.25, -0.2) is 4.39 Å². The molecule has 1 aromatic heterocycles. The predicted molar refractivity (Wildman–Crippen MR) is 80.8 cm³/mol. The monoisotopic (exact) mass is 333 g/mol. The molecule has 0 saturated carbocycles. The Morgan fingerprint density at radius 1 is 1.20 bits per heavy atom. The molecule has 0 aliphatic rings. The number of nitrogens with two attached hydrogens (primary N) is 1. The number of aryl methyl sites for hydroxylation is 1. The second-order valence-electron chi connectivity index (χ2n) is 4.65. The Morgan fingerprint density at radius 3 is 2.75 bits per heavy atom. The Bertz CT molecular complexity index is 782. The zero-order valence-electron chi connectivity index (χ0n) is 10.8. The first-order valence-corrected chi connectivity index (χ1v) is 7.00. The van der Waals surface area contributed by atoms with Gasteiger partial charge in [-0.3, -0.25) is 4.68 Å². The summed E-state index contributed by atoms with van der Waals surface area (Å²) in [6, 6.07) is 12.3. The lowest BCUT2D eigenvalue weighted by molar-refractivity contribution is 0.589. The van der Waals surface area contributed by atoms with Gasteiger partial charge in [0.05, 0.1) is 21.7 Å². The number of halogens is 2. The van der Waals surface area contributed by atoms with E-state index >= 15 is 0 Å². The smallest absolute Gasteiger partial charge is 0.142 e. The fourth-order valence-corrected chi connectivity index (χ4v) is 2.76. The first-order chi connectivity index (χ1) is 9.59. The largest absolute Gasteiger partial charge is 0.319 e. The summed E-state index contributed by atoms with van der Waals surface area (Å²) in [5, 5.41) is 5.39. The fraction of sp³-hybridized carbons (Fsp3) is 0.133. The molecule has 0 saturated heterocycles. The van der Waals surface area contributed by atoms with Crippen molar-refractivity contribution < 1.29 is 4.39 Å². The predicted octanol–water partition coefficient (Wildman–Crippen LogP) is 3.52. The third kappa shape index (κ3) is 2.03. The summed E-state index contributed by atoms with van der Waals surface area (Å²) in [7, 11) is 1.86. The number of benzene rings is 2. The van der Waals surface area contributed by atoms with Gasteiger partial charge in [0.2, 0.25) is 0 Å². The topological polar surface area (TPSA) is 43.8 Å². The summed E-state index contributed by atoms with van der Waals surface area (Å²) in [6.45, 7) is 0. The number of hydrogen-bond acceptors (Lipinski definition) is 2. The molecule has 20 heavy (non-hydrogen) atoms. The minimum Gasteiger partial charge on any atom is -0.319 e. The van der Waals surface area contributed by atoms with Gasteiger partial charge in [0, 0.05) is 18.0 Å². The molecule has 3 aromatic rings. The third-order valence-corrected chi connectivity index (χ3v) is 4.01. The lowest BCUT2D eigenvalue weighted by atomic mass is 10.0. The summed E-state index contributed by atoms with van der Waals surface area (Å²) in [5.41, 5.74) is 8.32. The average Bonchev–Trinajstić information content (AvgIpc) is 2.79. The van der Waals surface area contributed by atoms with Gasteiger partial charge in [-0.2, -0.15) is 5.10 Å². The van der Waals surface area contributed by atoms with Crippen LogP contribution in [0.2, 0.25) is 0 Å². The molecule has 5 heteroatoms. The second kappa shape index (κ2) is 5.00. The van der Waals surface area contributed by atoms with Crippen molar-refractivity contribution in [1.29, 1.82) is 0 Å². The van der Waals surface area contributed by atoms with E-state index in [9.17, 15) is 4.39 Å². The highest BCUT2D eigenvalue weighted by Crippen LogP contribution is 2.30. The first-order valence-electron chi connectivity index (χ1n) is 6.20. The van der Waals surface area contributed by atoms with Crippen LogP contribution in [0.3, 0.4) is 0 Å². The maximum absolute atomic E-state index is 14.2. The minimum absolute atomic E-state index is 0.338. The molecule has 1 atom stereocenters. The standard InChI is InChI=1S/C15H13BrFN3/c1-20-12-8-3-2-5-9(12)15(19-20)14(18)10-6-4-7-11(16)13(10)17/h2-8,14H,18H2,1H3. The molecule has 2 N–H and O–H groups in total. The van der Waals surface area contributed by atoms with E-state index in [2.05, 4.69) is 21.0 Å². The van der Waals surface area contributed by atoms with Gasteiger partial charge >= 0.3 is 0 Å². The fourth-order valence-electron chi connectivity index (χ4n) is 2.38. The maximum Gasteiger partial charge on any atom is 0.142 e. The van der Waals surface area contributed by atoms with Gasteiger partial charge in [0.15, 0.2) is 0 Å². The molecule has 0 aliphatic carbocycles. The molecule has 1 unspecified atom stereocenters. The highest BCUT2D eigenvalue weighted by atomic mass is 79.9. The van der Waals surface area contributed by atoms with E-state index in [4.69, 9.17) is 5.73 Å². The molecule has 1 heterocycles. The Kier molecular flexibility index (Phi) is 3.31. The summed E-state index contributed by atoms with van der Waals surface area (Å²) in [5.74, 6) is -0.338. The molecule has 102 valence electrons. The second-order valence-corrected chi connectivity index (χ2v) is 5.50. The maximum atomic E-state index is 14.2. The molecular weight excluding hydrogens is 321 g/mol. The molecule has 0 spiro atoms. The summed E-state index contributed by atoms with van der Waals surface area (Å²) < 4.78 is 16.4. The van der Waals surface area contributed by atoms with Crippen molar-refractivity contribution in [3.63, 3.8) is 0 Å². The summed E-state index contributed by atoms with van der Waals surface area (Å²) in [4.78, 5) is 0. The lowest BCUT2D eigenvalue weighted by Gasteiger charge is -2.12. The van der Waals surface area contributed by atoms with Crippen LogP contribution in [-0.2, 0) is 7.05 Å². The van der Waals surface area contributed by atoms with Gasteiger partial charge in [-0.05, 0) is 28.1 Å². The highest BCUT2D eigenvalue weighted by Gasteiger charge is 2.20. The number of fused-ring (bicyclic) bond motifs is 1. The van der Waals surface area contributed by atoms with E-state index in [0.717, 1.165) is 10.9 Å². The number of nitrogens with zero attached hydrogens (tertiary/aromatic N) is 2. The van der Waals surface area contributed by atoms with Gasteiger partial charge in [-0.1, -0.05) is 30.3 Å². The number of hydrogen-bond donors (Lipinski definition) is 1. The Hall–Kier alpha value is -1.72. The molecule has 0 bridgehead atoms. The third-order valence-electron chi connectivity index (χ3n) is 3.40. The van der Waals surface area contributed by atoms with E-state index < -0.39 is 6.04 Å². The van der Waals surface area contributed by atoms with Crippen molar-refractivity contribution in [2.24, 2.45) is 12.8 Å². The van der Waals surface area contributed by atoms with Crippen molar-refractivity contribution in [1.82, 2.24) is 9.78 Å². The van der Waals surface area contributed by atoms with E-state index in [1.54, 1.807) is 22.9 Å². The first kappa shape index (κ1) is 13.3. The van der Waals surface area contributed by atoms with Crippen LogP contribution < -0.4 is 5.73 Å². The van der Waals surface area contributed by atoms with Crippen LogP contribution in [0, 0.1) is 5.82 Å². The molecule has 0 fully saturated rings. The van der Waals surface area contributed by atoms with Crippen LogP contribution in [0.25, 0.3) is 10.9 Å². The van der Waals surface area contributed by atoms with Crippen LogP contribution in [0.4, 0.5) is 4.39 Å². The van der Waals surface area contributed by atoms with Crippen LogP contribution in [0.1, 0.15) is 17.3 Å². The molecule has 0 radical (unpaired) electrons. The van der Waals surface area contributed by atoms with Gasteiger partial charge in [0.1, 0.15) is 5.82 Å². The molecule has 3 nitrogen and oxygen atoms in total. The lowest BCUT2D eigenvalue weighted by Crippen LogP contribution is -2.15. The van der Waals surface area contributed by atoms with E-state index in [-0.39, 0.29) is 5.82 Å². The van der Waals surface area contributed by atoms with Crippen LogP contribution in [-0.4, -0.2) is 9.78 Å². The van der Waals surface area contributed by atoms with Crippen LogP contribution in [0.5, 0.6) is 0 Å². The Morgan fingerprint density at radius 2 is 1.95 bits per heavy atom. The van der Waals surface area contributed by atoms with Crippen molar-refractivity contribution in [2.45, 2.75) is 6.04 Å². The SMILES string of the molecule is Cn1nc(C(N)c2cccc(Br)c2F)c2ccccc21. The van der Waals surface area contributed by atoms with Crippen molar-refractivity contribution in [2.75, 3.05) is 0 Å². The molecule has 0 amide bonds. The molecular formula is C15H13BrFN3. The van der Waals surface area contributed by atoms with Gasteiger partial charge in [-0.15, -0.1) is 0 Å². The molecule has 3 rings (SSSR count). The number of para-hydroxylation sites is 1. The minimum atomic E-state index is -0.599. The quantitative estimate of drug-likeness (QED) is 0.779. The van der Waals surface area contributed by atoms with Crippen LogP contribution in [0.15, 0.2) is 46.9 Å². The zero-order valence-corrected chi connectivity index (χ0v) is 12.4. The van der Waals surface area contributed by atoms with E-state index in [0.29, 0.717) is 15.7 Å². The van der Waals surface area contributed by atoms with E-state index in [1.165, 1.54) is 0 Å². The van der Waals surface area contributed by atoms with Crippen molar-refractivity contribution >= 4 is 26.8 Å². The molecule has 0 aliphatic heterocycles. The molecule has 2 aromatic carbocycles. The van der Waals surface area contributed by atoms with Crippen molar-refractivity contribution in [3.05, 3.63) is 64.0 Å². The van der Waals surface area contributed by atoms with Crippen molar-refractivity contribution in [3.8, 4) is 0 Å². The van der Waals surface area contributed by atoms with Gasteiger partial charge in [0.25, 0.3) is 0 Å². The number of aromatic nitrogens is 2. The van der Waals surface area contributed by atoms with Crippen LogP contribution >= 0.6 is 15.9 Å². The van der Waals surface area contributed by atoms with E-state index in [1.807, 2.05) is 31.3 Å². The zero-order chi connectivity index (χ0) is 14.3. The summed E-state index contributed by atoms with van der Waals surface area (Å²) >= 11 is 3.19. The summed E-state index contributed by atoms with van der Waals surface area (Å²) in [6.07, 6.45) is 0. The number of rotatable bonds is 2.